The second-order valence-electron chi connectivity index (χ2n) is 0. The van der Waals surface area contributed by atoms with Crippen LogP contribution in [0, 0.1) is 0 Å². The van der Waals surface area contributed by atoms with Gasteiger partial charge in [0.05, 0.1) is 0 Å². The van der Waals surface area contributed by atoms with E-state index < -0.39 is 0 Å². The maximum Gasteiger partial charge on any atom is 2.00 e. The fourth-order valence-corrected chi connectivity index (χ4v) is 0. The van der Waals surface area contributed by atoms with Gasteiger partial charge in [-0.25, -0.2) is 0 Å². The van der Waals surface area contributed by atoms with E-state index in [1.54, 1.807) is 0 Å². The Hall–Kier alpha value is 0.946. The Morgan fingerprint density at radius 1 is 1.00 bits per heavy atom. The van der Waals surface area contributed by atoms with Crippen LogP contribution in [-0.2, 0) is 39.3 Å². The third-order valence-electron chi connectivity index (χ3n) is 0. The summed E-state index contributed by atoms with van der Waals surface area (Å²) < 4.78 is 0. The Balaban J connectivity index is 0. The monoisotopic (exact) mass is 147 g/mol. The van der Waals surface area contributed by atoms with Crippen LogP contribution in [0.15, 0.2) is 0 Å². The predicted octanol–water partition coefficient (Wildman–Crippen LogP) is -0.301. The van der Waals surface area contributed by atoms with E-state index in [9.17, 15) is 0 Å². The molecule has 0 fully saturated rings. The zero-order chi connectivity index (χ0) is 0. The third kappa shape index (κ3) is 12.5. The molecule has 0 atom stereocenters. The van der Waals surface area contributed by atoms with Crippen molar-refractivity contribution in [2.75, 3.05) is 0 Å². The van der Waals surface area contributed by atoms with Gasteiger partial charge in [0.1, 0.15) is 0 Å². The normalized spacial score (nSPS) is 0. The van der Waals surface area contributed by atoms with E-state index in [-0.39, 0.29) is 44.8 Å². The topological polar surface area (TPSA) is 58.5 Å². The molecule has 1 N–H and O–H groups in total. The van der Waals surface area contributed by atoms with E-state index in [0.29, 0.717) is 0 Å². The van der Waals surface area contributed by atoms with E-state index in [4.69, 9.17) is 0 Å². The van der Waals surface area contributed by atoms with Crippen molar-refractivity contribution >= 4 is 0 Å². The first-order valence-electron chi connectivity index (χ1n) is 0. The zero-order valence-electron chi connectivity index (χ0n) is 1.57. The molecule has 4 heavy (non-hydrogen) atoms. The zero-order valence-corrected chi connectivity index (χ0v) is 3.79. The van der Waals surface area contributed by atoms with Gasteiger partial charge in [-0.2, -0.15) is 0 Å². The standard InChI is InChI=1S/Co.Mn.H2O.O/h;;1H2;/q2*+2;;-2/p-1. The van der Waals surface area contributed by atoms with Gasteiger partial charge >= 0.3 is 33.8 Å². The molecule has 0 heterocycles. The minimum absolute atomic E-state index is 0. The van der Waals surface area contributed by atoms with Crippen LogP contribution in [0.5, 0.6) is 0 Å². The van der Waals surface area contributed by atoms with Gasteiger partial charge in [0.2, 0.25) is 0 Å². The first-order valence-corrected chi connectivity index (χ1v) is 0. The summed E-state index contributed by atoms with van der Waals surface area (Å²) in [6, 6.07) is 0. The van der Waals surface area contributed by atoms with Crippen molar-refractivity contribution in [3.05, 3.63) is 0 Å². The Morgan fingerprint density at radius 3 is 1.00 bits per heavy atom. The predicted molar refractivity (Wildman–Crippen MR) is 2.62 cm³/mol. The largest absolute Gasteiger partial charge is 2.00 e. The molecule has 0 aromatic heterocycles. The molecule has 2 nitrogen and oxygen atoms in total. The van der Waals surface area contributed by atoms with Gasteiger partial charge in [0.15, 0.2) is 0 Å². The minimum atomic E-state index is 0. The molecule has 0 aromatic rings. The Kier molecular flexibility index (Phi) is 823. The smallest absolute Gasteiger partial charge is 2.00 e. The quantitative estimate of drug-likeness (QED) is 0.433. The van der Waals surface area contributed by atoms with Crippen LogP contribution in [0.4, 0.5) is 0 Å². The van der Waals surface area contributed by atoms with Crippen LogP contribution in [0.3, 0.4) is 0 Å². The summed E-state index contributed by atoms with van der Waals surface area (Å²) in [6.07, 6.45) is 0. The molecule has 0 unspecified atom stereocenters. The van der Waals surface area contributed by atoms with Gasteiger partial charge in [-0.05, 0) is 0 Å². The van der Waals surface area contributed by atoms with Crippen molar-refractivity contribution in [3.63, 3.8) is 0 Å². The van der Waals surface area contributed by atoms with Crippen LogP contribution >= 0.6 is 0 Å². The summed E-state index contributed by atoms with van der Waals surface area (Å²) in [5, 5.41) is 0. The molecule has 2 radical (unpaired) electrons. The second-order valence-corrected chi connectivity index (χ2v) is 0. The van der Waals surface area contributed by atoms with Crippen molar-refractivity contribution in [2.45, 2.75) is 0 Å². The van der Waals surface area contributed by atoms with E-state index in [1.807, 2.05) is 0 Å². The summed E-state index contributed by atoms with van der Waals surface area (Å²) in [7, 11) is 0. The van der Waals surface area contributed by atoms with E-state index in [1.165, 1.54) is 0 Å². The molecule has 0 aromatic carbocycles. The number of hydrogen-bond acceptors (Lipinski definition) is 1. The van der Waals surface area contributed by atoms with Crippen molar-refractivity contribution in [2.24, 2.45) is 0 Å². The van der Waals surface area contributed by atoms with Crippen LogP contribution in [0.1, 0.15) is 0 Å². The Morgan fingerprint density at radius 2 is 1.00 bits per heavy atom. The Bertz CT molecular complexity index is 6.00. The molecule has 0 aliphatic carbocycles. The molecule has 0 amide bonds. The van der Waals surface area contributed by atoms with Gasteiger partial charge in [0, 0.05) is 0 Å². The van der Waals surface area contributed by atoms with Crippen LogP contribution in [-0.4, -0.2) is 5.48 Å². The van der Waals surface area contributed by atoms with Gasteiger partial charge < -0.3 is 11.0 Å². The van der Waals surface area contributed by atoms with Crippen LogP contribution < -0.4 is 0 Å². The molecule has 0 spiro atoms. The van der Waals surface area contributed by atoms with E-state index in [2.05, 4.69) is 0 Å². The van der Waals surface area contributed by atoms with E-state index in [0.717, 1.165) is 0 Å². The fourth-order valence-electron chi connectivity index (χ4n) is 0. The first-order chi connectivity index (χ1) is 0. The van der Waals surface area contributed by atoms with Gasteiger partial charge in [-0.3, -0.25) is 0 Å². The maximum absolute atomic E-state index is 0. The summed E-state index contributed by atoms with van der Waals surface area (Å²) in [5.74, 6) is 0. The maximum atomic E-state index is 0. The van der Waals surface area contributed by atoms with Crippen LogP contribution in [0.2, 0.25) is 0 Å². The average Bonchev–Trinajstić information content (AvgIpc) is 0. The number of hydrogen-bond donors (Lipinski definition) is 0. The van der Waals surface area contributed by atoms with E-state index >= 15 is 0 Å². The summed E-state index contributed by atoms with van der Waals surface area (Å²) in [5.41, 5.74) is 0. The molecule has 4 heteroatoms. The molecule has 0 rings (SSSR count). The fraction of sp³-hybridized carbons (Fsp3) is 0. The molecule has 0 aliphatic rings. The summed E-state index contributed by atoms with van der Waals surface area (Å²) in [4.78, 5) is 0. The van der Waals surface area contributed by atoms with Crippen molar-refractivity contribution in [3.8, 4) is 0 Å². The molecular weight excluding hydrogens is 146 g/mol. The van der Waals surface area contributed by atoms with Crippen molar-refractivity contribution < 1.29 is 44.8 Å². The first kappa shape index (κ1) is 86.1. The summed E-state index contributed by atoms with van der Waals surface area (Å²) in [6.45, 7) is 0. The molecule has 0 aliphatic heterocycles. The van der Waals surface area contributed by atoms with Gasteiger partial charge in [-0.15, -0.1) is 0 Å². The molecular formula is HCoMnO2+. The SMILES string of the molecule is [Co+2].[Mn+2].[O-2].[OH-]. The number of rotatable bonds is 0. The van der Waals surface area contributed by atoms with Crippen molar-refractivity contribution in [1.29, 1.82) is 0 Å². The average molecular weight is 147 g/mol. The molecule has 0 saturated carbocycles. The van der Waals surface area contributed by atoms with Gasteiger partial charge in [0.25, 0.3) is 0 Å². The molecule has 0 bridgehead atoms. The second kappa shape index (κ2) is 38.3. The summed E-state index contributed by atoms with van der Waals surface area (Å²) >= 11 is 0. The molecule has 28 valence electrons. The molecule has 0 saturated heterocycles. The van der Waals surface area contributed by atoms with Crippen LogP contribution in [0.25, 0.3) is 0 Å². The minimum Gasteiger partial charge on any atom is -2.00 e. The van der Waals surface area contributed by atoms with Crippen molar-refractivity contribution in [1.82, 2.24) is 0 Å². The Labute approximate surface area is 45.2 Å². The van der Waals surface area contributed by atoms with Gasteiger partial charge in [-0.1, -0.05) is 0 Å². The third-order valence-corrected chi connectivity index (χ3v) is 0.